The summed E-state index contributed by atoms with van der Waals surface area (Å²) in [7, 11) is 0. The van der Waals surface area contributed by atoms with Crippen molar-refractivity contribution in [2.75, 3.05) is 6.54 Å². The van der Waals surface area contributed by atoms with Gasteiger partial charge in [-0.1, -0.05) is 26.2 Å². The van der Waals surface area contributed by atoms with Gasteiger partial charge in [-0.05, 0) is 31.7 Å². The number of nitrogens with two attached hydrogens (primary N) is 1. The van der Waals surface area contributed by atoms with E-state index in [-0.39, 0.29) is 5.91 Å². The molecule has 0 aromatic heterocycles. The first-order valence-electron chi connectivity index (χ1n) is 6.27. The fraction of sp³-hybridized carbons (Fsp3) is 0.917. The lowest BCUT2D eigenvalue weighted by Gasteiger charge is -2.19. The van der Waals surface area contributed by atoms with Crippen LogP contribution in [0.3, 0.4) is 0 Å². The Bertz CT molecular complexity index is 194. The molecule has 0 saturated heterocycles. The molecule has 0 bridgehead atoms. The fourth-order valence-corrected chi connectivity index (χ4v) is 2.32. The Balaban J connectivity index is 2.19. The average molecular weight is 212 g/mol. The summed E-state index contributed by atoms with van der Waals surface area (Å²) in [4.78, 5) is 11.6. The fourth-order valence-electron chi connectivity index (χ4n) is 2.32. The van der Waals surface area contributed by atoms with Crippen LogP contribution in [0, 0.1) is 5.92 Å². The van der Waals surface area contributed by atoms with Gasteiger partial charge in [0.15, 0.2) is 0 Å². The van der Waals surface area contributed by atoms with Crippen LogP contribution in [0.5, 0.6) is 0 Å². The largest absolute Gasteiger partial charge is 0.353 e. The standard InChI is InChI=1S/C12H24N2O/c1-2-3-4-8-12(15)14-11-7-5-6-10(11)9-13/h10-11H,2-9,13H2,1H3,(H,14,15). The van der Waals surface area contributed by atoms with Crippen LogP contribution in [0.2, 0.25) is 0 Å². The van der Waals surface area contributed by atoms with Crippen LogP contribution in [0.1, 0.15) is 51.9 Å². The lowest BCUT2D eigenvalue weighted by Crippen LogP contribution is -2.39. The molecule has 1 fully saturated rings. The molecule has 1 rings (SSSR count). The first kappa shape index (κ1) is 12.5. The van der Waals surface area contributed by atoms with Crippen molar-refractivity contribution < 1.29 is 4.79 Å². The Kier molecular flexibility index (Phi) is 5.69. The van der Waals surface area contributed by atoms with Crippen molar-refractivity contribution in [1.29, 1.82) is 0 Å². The number of unbranched alkanes of at least 4 members (excludes halogenated alkanes) is 2. The Labute approximate surface area is 92.8 Å². The second-order valence-electron chi connectivity index (χ2n) is 4.56. The van der Waals surface area contributed by atoms with Crippen LogP contribution >= 0.6 is 0 Å². The van der Waals surface area contributed by atoms with E-state index in [0.29, 0.717) is 24.9 Å². The Morgan fingerprint density at radius 1 is 1.40 bits per heavy atom. The zero-order chi connectivity index (χ0) is 11.1. The van der Waals surface area contributed by atoms with Crippen LogP contribution in [0.25, 0.3) is 0 Å². The molecule has 0 aliphatic heterocycles. The lowest BCUT2D eigenvalue weighted by molar-refractivity contribution is -0.122. The van der Waals surface area contributed by atoms with E-state index in [1.807, 2.05) is 0 Å². The van der Waals surface area contributed by atoms with Crippen LogP contribution in [-0.2, 0) is 4.79 Å². The van der Waals surface area contributed by atoms with Gasteiger partial charge in [-0.25, -0.2) is 0 Å². The predicted molar refractivity (Wildman–Crippen MR) is 62.5 cm³/mol. The topological polar surface area (TPSA) is 55.1 Å². The van der Waals surface area contributed by atoms with Gasteiger partial charge < -0.3 is 11.1 Å². The molecule has 3 nitrogen and oxygen atoms in total. The van der Waals surface area contributed by atoms with E-state index in [1.54, 1.807) is 0 Å². The number of carbonyl (C=O) groups is 1. The van der Waals surface area contributed by atoms with Crippen LogP contribution in [0.15, 0.2) is 0 Å². The van der Waals surface area contributed by atoms with Gasteiger partial charge in [-0.3, -0.25) is 4.79 Å². The Hall–Kier alpha value is -0.570. The third-order valence-corrected chi connectivity index (χ3v) is 3.32. The Morgan fingerprint density at radius 2 is 2.20 bits per heavy atom. The maximum atomic E-state index is 11.6. The van der Waals surface area contributed by atoms with E-state index in [4.69, 9.17) is 5.73 Å². The smallest absolute Gasteiger partial charge is 0.220 e. The molecule has 1 amide bonds. The number of nitrogens with one attached hydrogen (secondary N) is 1. The van der Waals surface area contributed by atoms with Crippen molar-refractivity contribution in [3.05, 3.63) is 0 Å². The summed E-state index contributed by atoms with van der Waals surface area (Å²) < 4.78 is 0. The maximum absolute atomic E-state index is 11.6. The van der Waals surface area contributed by atoms with Crippen molar-refractivity contribution in [1.82, 2.24) is 5.32 Å². The normalized spacial score (nSPS) is 25.5. The molecule has 1 aliphatic carbocycles. The van der Waals surface area contributed by atoms with Gasteiger partial charge in [-0.15, -0.1) is 0 Å². The van der Waals surface area contributed by atoms with Crippen LogP contribution in [0.4, 0.5) is 0 Å². The van der Waals surface area contributed by atoms with E-state index in [9.17, 15) is 4.79 Å². The van der Waals surface area contributed by atoms with Gasteiger partial charge in [0.05, 0.1) is 0 Å². The Morgan fingerprint density at radius 3 is 2.87 bits per heavy atom. The SMILES string of the molecule is CCCCCC(=O)NC1CCCC1CN. The second-order valence-corrected chi connectivity index (χ2v) is 4.56. The van der Waals surface area contributed by atoms with Gasteiger partial charge in [0, 0.05) is 12.5 Å². The molecule has 0 radical (unpaired) electrons. The highest BCUT2D eigenvalue weighted by Crippen LogP contribution is 2.24. The van der Waals surface area contributed by atoms with E-state index in [2.05, 4.69) is 12.2 Å². The molecule has 2 unspecified atom stereocenters. The zero-order valence-electron chi connectivity index (χ0n) is 9.80. The summed E-state index contributed by atoms with van der Waals surface area (Å²) in [6, 6.07) is 0.351. The van der Waals surface area contributed by atoms with Crippen LogP contribution in [-0.4, -0.2) is 18.5 Å². The summed E-state index contributed by atoms with van der Waals surface area (Å²) in [5.41, 5.74) is 5.67. The molecule has 1 saturated carbocycles. The molecule has 0 aromatic carbocycles. The van der Waals surface area contributed by atoms with Gasteiger partial charge >= 0.3 is 0 Å². The maximum Gasteiger partial charge on any atom is 0.220 e. The molecule has 3 heteroatoms. The summed E-state index contributed by atoms with van der Waals surface area (Å²) >= 11 is 0. The molecular formula is C12H24N2O. The van der Waals surface area contributed by atoms with Crippen molar-refractivity contribution in [3.8, 4) is 0 Å². The number of carbonyl (C=O) groups excluding carboxylic acids is 1. The molecule has 3 N–H and O–H groups in total. The monoisotopic (exact) mass is 212 g/mol. The highest BCUT2D eigenvalue weighted by atomic mass is 16.1. The van der Waals surface area contributed by atoms with Crippen LogP contribution < -0.4 is 11.1 Å². The van der Waals surface area contributed by atoms with E-state index < -0.39 is 0 Å². The highest BCUT2D eigenvalue weighted by Gasteiger charge is 2.26. The van der Waals surface area contributed by atoms with Gasteiger partial charge in [0.25, 0.3) is 0 Å². The number of amides is 1. The lowest BCUT2D eigenvalue weighted by atomic mass is 10.0. The average Bonchev–Trinajstić information content (AvgIpc) is 2.65. The summed E-state index contributed by atoms with van der Waals surface area (Å²) in [5.74, 6) is 0.730. The molecule has 0 heterocycles. The number of hydrogen-bond acceptors (Lipinski definition) is 2. The molecular weight excluding hydrogens is 188 g/mol. The minimum absolute atomic E-state index is 0.216. The number of rotatable bonds is 6. The van der Waals surface area contributed by atoms with Gasteiger partial charge in [0.1, 0.15) is 0 Å². The molecule has 0 spiro atoms. The van der Waals surface area contributed by atoms with E-state index in [1.165, 1.54) is 19.3 Å². The quantitative estimate of drug-likeness (QED) is 0.660. The third kappa shape index (κ3) is 4.20. The second kappa shape index (κ2) is 6.83. The van der Waals surface area contributed by atoms with E-state index in [0.717, 1.165) is 19.3 Å². The molecule has 1 aliphatic rings. The van der Waals surface area contributed by atoms with E-state index >= 15 is 0 Å². The minimum atomic E-state index is 0.216. The molecule has 2 atom stereocenters. The third-order valence-electron chi connectivity index (χ3n) is 3.32. The van der Waals surface area contributed by atoms with Crippen molar-refractivity contribution in [2.24, 2.45) is 11.7 Å². The first-order valence-corrected chi connectivity index (χ1v) is 6.27. The highest BCUT2D eigenvalue weighted by molar-refractivity contribution is 5.76. The summed E-state index contributed by atoms with van der Waals surface area (Å²) in [6.45, 7) is 2.86. The van der Waals surface area contributed by atoms with Crippen molar-refractivity contribution in [2.45, 2.75) is 57.9 Å². The molecule has 15 heavy (non-hydrogen) atoms. The molecule has 0 aromatic rings. The first-order chi connectivity index (χ1) is 7.27. The summed E-state index contributed by atoms with van der Waals surface area (Å²) in [6.07, 6.45) is 7.52. The number of hydrogen-bond donors (Lipinski definition) is 2. The minimum Gasteiger partial charge on any atom is -0.353 e. The summed E-state index contributed by atoms with van der Waals surface area (Å²) in [5, 5.41) is 3.12. The van der Waals surface area contributed by atoms with Gasteiger partial charge in [0.2, 0.25) is 5.91 Å². The molecule has 88 valence electrons. The van der Waals surface area contributed by atoms with Crippen molar-refractivity contribution in [3.63, 3.8) is 0 Å². The van der Waals surface area contributed by atoms with Crippen molar-refractivity contribution >= 4 is 5.91 Å². The zero-order valence-corrected chi connectivity index (χ0v) is 9.80. The predicted octanol–water partition coefficient (Wildman–Crippen LogP) is 1.81. The van der Waals surface area contributed by atoms with Gasteiger partial charge in [-0.2, -0.15) is 0 Å².